The van der Waals surface area contributed by atoms with Crippen molar-refractivity contribution in [1.82, 2.24) is 14.9 Å². The van der Waals surface area contributed by atoms with Crippen LogP contribution in [0.2, 0.25) is 0 Å². The Morgan fingerprint density at radius 3 is 2.44 bits per heavy atom. The minimum Gasteiger partial charge on any atom is -0.490 e. The summed E-state index contributed by atoms with van der Waals surface area (Å²) in [4.78, 5) is 11.1. The van der Waals surface area contributed by atoms with E-state index in [9.17, 15) is 4.39 Å². The number of nitrogens with zero attached hydrogens (tertiary/aromatic N) is 3. The summed E-state index contributed by atoms with van der Waals surface area (Å²) in [7, 11) is 0. The lowest BCUT2D eigenvalue weighted by atomic mass is 10.1. The van der Waals surface area contributed by atoms with Crippen LogP contribution in [0, 0.1) is 12.7 Å². The van der Waals surface area contributed by atoms with Crippen molar-refractivity contribution in [1.29, 1.82) is 0 Å². The van der Waals surface area contributed by atoms with E-state index < -0.39 is 0 Å². The van der Waals surface area contributed by atoms with Crippen molar-refractivity contribution in [3.05, 3.63) is 42.1 Å². The maximum atomic E-state index is 13.1. The maximum absolute atomic E-state index is 13.1. The molecule has 0 fully saturated rings. The second-order valence-corrected chi connectivity index (χ2v) is 6.07. The maximum Gasteiger partial charge on any atom is 0.163 e. The van der Waals surface area contributed by atoms with Gasteiger partial charge < -0.3 is 9.64 Å². The van der Waals surface area contributed by atoms with Crippen LogP contribution in [0.1, 0.15) is 38.9 Å². The van der Waals surface area contributed by atoms with Crippen molar-refractivity contribution in [3.63, 3.8) is 0 Å². The molecule has 0 radical (unpaired) electrons. The van der Waals surface area contributed by atoms with Gasteiger partial charge in [-0.05, 0) is 70.1 Å². The van der Waals surface area contributed by atoms with Gasteiger partial charge in [-0.25, -0.2) is 14.4 Å². The molecule has 2 aromatic rings. The van der Waals surface area contributed by atoms with Crippen molar-refractivity contribution < 1.29 is 9.13 Å². The molecule has 25 heavy (non-hydrogen) atoms. The summed E-state index contributed by atoms with van der Waals surface area (Å²) >= 11 is 0. The van der Waals surface area contributed by atoms with E-state index >= 15 is 0 Å². The normalized spacial score (nSPS) is 11.1. The van der Waals surface area contributed by atoms with Gasteiger partial charge >= 0.3 is 0 Å². The predicted molar refractivity (Wildman–Crippen MR) is 99.3 cm³/mol. The van der Waals surface area contributed by atoms with Crippen molar-refractivity contribution in [2.24, 2.45) is 0 Å². The molecule has 2 rings (SSSR count). The molecule has 0 bridgehead atoms. The molecule has 0 aliphatic carbocycles. The van der Waals surface area contributed by atoms with Crippen molar-refractivity contribution in [2.45, 2.75) is 40.0 Å². The van der Waals surface area contributed by atoms with Gasteiger partial charge in [-0.1, -0.05) is 13.8 Å². The first-order chi connectivity index (χ1) is 12.1. The number of aromatic nitrogens is 2. The Balaban J connectivity index is 1.89. The number of halogens is 1. The summed E-state index contributed by atoms with van der Waals surface area (Å²) in [6, 6.07) is 6.30. The zero-order valence-corrected chi connectivity index (χ0v) is 15.5. The quantitative estimate of drug-likeness (QED) is 0.595. The van der Waals surface area contributed by atoms with Crippen LogP contribution in [-0.4, -0.2) is 41.1 Å². The third-order valence-electron chi connectivity index (χ3n) is 4.26. The van der Waals surface area contributed by atoms with Gasteiger partial charge in [0.1, 0.15) is 17.3 Å². The van der Waals surface area contributed by atoms with Gasteiger partial charge in [0, 0.05) is 5.56 Å². The van der Waals surface area contributed by atoms with Gasteiger partial charge in [-0.15, -0.1) is 0 Å². The third kappa shape index (κ3) is 6.09. The van der Waals surface area contributed by atoms with E-state index in [2.05, 4.69) is 28.7 Å². The lowest BCUT2D eigenvalue weighted by Gasteiger charge is -2.17. The molecule has 0 N–H and O–H groups in total. The van der Waals surface area contributed by atoms with Gasteiger partial charge in [0.15, 0.2) is 5.75 Å². The average molecular weight is 345 g/mol. The van der Waals surface area contributed by atoms with Crippen LogP contribution in [0.3, 0.4) is 0 Å². The highest BCUT2D eigenvalue weighted by atomic mass is 19.1. The van der Waals surface area contributed by atoms with E-state index in [4.69, 9.17) is 4.74 Å². The SMILES string of the molecule is CCN(CC)CCCCCOc1cnc(C)nc1-c1ccc(F)cc1. The summed E-state index contributed by atoms with van der Waals surface area (Å²) in [5.41, 5.74) is 1.55. The van der Waals surface area contributed by atoms with Gasteiger partial charge in [0.05, 0.1) is 12.8 Å². The molecule has 1 aromatic heterocycles. The number of hydrogen-bond acceptors (Lipinski definition) is 4. The van der Waals surface area contributed by atoms with Crippen molar-refractivity contribution in [3.8, 4) is 17.0 Å². The molecular formula is C20H28FN3O. The fourth-order valence-electron chi connectivity index (χ4n) is 2.72. The number of ether oxygens (including phenoxy) is 1. The predicted octanol–water partition coefficient (Wildman–Crippen LogP) is 4.48. The van der Waals surface area contributed by atoms with Gasteiger partial charge in [-0.2, -0.15) is 0 Å². The molecule has 1 aromatic carbocycles. The molecule has 5 heteroatoms. The zero-order chi connectivity index (χ0) is 18.1. The average Bonchev–Trinajstić information content (AvgIpc) is 2.63. The van der Waals surface area contributed by atoms with Crippen molar-refractivity contribution >= 4 is 0 Å². The van der Waals surface area contributed by atoms with E-state index in [0.717, 1.165) is 43.7 Å². The molecule has 0 unspecified atom stereocenters. The molecule has 136 valence electrons. The standard InChI is InChI=1S/C20H28FN3O/c1-4-24(5-2)13-7-6-8-14-25-19-15-22-16(3)23-20(19)17-9-11-18(21)12-10-17/h9-12,15H,4-8,13-14H2,1-3H3. The van der Waals surface area contributed by atoms with Gasteiger partial charge in [0.25, 0.3) is 0 Å². The Hall–Kier alpha value is -2.01. The molecule has 0 saturated heterocycles. The van der Waals surface area contributed by atoms with E-state index in [-0.39, 0.29) is 5.82 Å². The number of benzene rings is 1. The minimum atomic E-state index is -0.259. The van der Waals surface area contributed by atoms with Crippen molar-refractivity contribution in [2.75, 3.05) is 26.2 Å². The topological polar surface area (TPSA) is 38.2 Å². The lowest BCUT2D eigenvalue weighted by Crippen LogP contribution is -2.23. The second kappa shape index (κ2) is 10.1. The highest BCUT2D eigenvalue weighted by Crippen LogP contribution is 2.27. The number of unbranched alkanes of at least 4 members (excludes halogenated alkanes) is 2. The van der Waals surface area contributed by atoms with Gasteiger partial charge in [-0.3, -0.25) is 0 Å². The Labute approximate surface area is 150 Å². The van der Waals surface area contributed by atoms with Crippen LogP contribution < -0.4 is 4.74 Å². The Morgan fingerprint density at radius 2 is 1.76 bits per heavy atom. The Bertz CT molecular complexity index is 642. The first kappa shape index (κ1) is 19.3. The monoisotopic (exact) mass is 345 g/mol. The molecule has 0 saturated carbocycles. The summed E-state index contributed by atoms with van der Waals surface area (Å²) < 4.78 is 19.0. The largest absolute Gasteiger partial charge is 0.490 e. The summed E-state index contributed by atoms with van der Waals surface area (Å²) in [5.74, 6) is 1.07. The fraction of sp³-hybridized carbons (Fsp3) is 0.500. The summed E-state index contributed by atoms with van der Waals surface area (Å²) in [5, 5.41) is 0. The Kier molecular flexibility index (Phi) is 7.79. The zero-order valence-electron chi connectivity index (χ0n) is 15.5. The van der Waals surface area contributed by atoms with Crippen LogP contribution in [0.5, 0.6) is 5.75 Å². The molecule has 0 spiro atoms. The smallest absolute Gasteiger partial charge is 0.163 e. The van der Waals surface area contributed by atoms with Crippen LogP contribution in [-0.2, 0) is 0 Å². The van der Waals surface area contributed by atoms with E-state index in [1.165, 1.54) is 18.6 Å². The molecular weight excluding hydrogens is 317 g/mol. The fourth-order valence-corrected chi connectivity index (χ4v) is 2.72. The first-order valence-corrected chi connectivity index (χ1v) is 9.08. The first-order valence-electron chi connectivity index (χ1n) is 9.08. The minimum absolute atomic E-state index is 0.259. The second-order valence-electron chi connectivity index (χ2n) is 6.07. The molecule has 1 heterocycles. The molecule has 0 aliphatic rings. The highest BCUT2D eigenvalue weighted by molar-refractivity contribution is 5.65. The number of rotatable bonds is 10. The number of hydrogen-bond donors (Lipinski definition) is 0. The van der Waals surface area contributed by atoms with E-state index in [0.29, 0.717) is 18.2 Å². The van der Waals surface area contributed by atoms with Crippen LogP contribution in [0.4, 0.5) is 4.39 Å². The molecule has 4 nitrogen and oxygen atoms in total. The van der Waals surface area contributed by atoms with E-state index in [1.54, 1.807) is 18.3 Å². The molecule has 0 amide bonds. The number of aryl methyl sites for hydroxylation is 1. The summed E-state index contributed by atoms with van der Waals surface area (Å²) in [6.07, 6.45) is 5.02. The lowest BCUT2D eigenvalue weighted by molar-refractivity contribution is 0.277. The van der Waals surface area contributed by atoms with Gasteiger partial charge in [0.2, 0.25) is 0 Å². The third-order valence-corrected chi connectivity index (χ3v) is 4.26. The summed E-state index contributed by atoms with van der Waals surface area (Å²) in [6.45, 7) is 10.2. The van der Waals surface area contributed by atoms with Crippen LogP contribution in [0.15, 0.2) is 30.5 Å². The van der Waals surface area contributed by atoms with E-state index in [1.807, 2.05) is 6.92 Å². The Morgan fingerprint density at radius 1 is 1.04 bits per heavy atom. The van der Waals surface area contributed by atoms with Crippen LogP contribution >= 0.6 is 0 Å². The highest BCUT2D eigenvalue weighted by Gasteiger charge is 2.10. The van der Waals surface area contributed by atoms with Crippen LogP contribution in [0.25, 0.3) is 11.3 Å². The molecule has 0 aliphatic heterocycles. The molecule has 0 atom stereocenters.